The predicted molar refractivity (Wildman–Crippen MR) is 40.0 cm³/mol. The molecule has 0 fully saturated rings. The standard InChI is InChI=1S/C8H13N/c1-8(2,9)7-5-3-4-6-7/h3-7H,9H2,1-2H3. The number of rotatable bonds is 1. The van der Waals surface area contributed by atoms with Crippen LogP contribution in [0.2, 0.25) is 0 Å². The maximum atomic E-state index is 5.84. The van der Waals surface area contributed by atoms with E-state index < -0.39 is 0 Å². The van der Waals surface area contributed by atoms with E-state index in [2.05, 4.69) is 12.2 Å². The fraction of sp³-hybridized carbons (Fsp3) is 0.500. The van der Waals surface area contributed by atoms with Crippen molar-refractivity contribution in [2.24, 2.45) is 11.7 Å². The molecule has 0 unspecified atom stereocenters. The van der Waals surface area contributed by atoms with Crippen LogP contribution in [0.1, 0.15) is 13.8 Å². The average molecular weight is 123 g/mol. The van der Waals surface area contributed by atoms with Crippen molar-refractivity contribution in [2.75, 3.05) is 0 Å². The van der Waals surface area contributed by atoms with Crippen molar-refractivity contribution in [1.29, 1.82) is 0 Å². The molecule has 0 heterocycles. The lowest BCUT2D eigenvalue weighted by Gasteiger charge is -2.23. The summed E-state index contributed by atoms with van der Waals surface area (Å²) in [7, 11) is 0. The van der Waals surface area contributed by atoms with Crippen molar-refractivity contribution in [1.82, 2.24) is 0 Å². The molecule has 1 nitrogen and oxygen atoms in total. The summed E-state index contributed by atoms with van der Waals surface area (Å²) >= 11 is 0. The Balaban J connectivity index is 2.64. The second-order valence-electron chi connectivity index (χ2n) is 3.12. The molecule has 0 aromatic carbocycles. The topological polar surface area (TPSA) is 26.0 Å². The summed E-state index contributed by atoms with van der Waals surface area (Å²) in [4.78, 5) is 0. The van der Waals surface area contributed by atoms with Gasteiger partial charge < -0.3 is 5.73 Å². The highest BCUT2D eigenvalue weighted by Gasteiger charge is 2.20. The first-order valence-corrected chi connectivity index (χ1v) is 3.24. The summed E-state index contributed by atoms with van der Waals surface area (Å²) in [5.41, 5.74) is 5.74. The van der Waals surface area contributed by atoms with Crippen LogP contribution >= 0.6 is 0 Å². The highest BCUT2D eigenvalue weighted by Crippen LogP contribution is 2.20. The Morgan fingerprint density at radius 2 is 1.67 bits per heavy atom. The smallest absolute Gasteiger partial charge is 0.0195 e. The lowest BCUT2D eigenvalue weighted by Crippen LogP contribution is -2.38. The summed E-state index contributed by atoms with van der Waals surface area (Å²) in [5, 5.41) is 0. The predicted octanol–water partition coefficient (Wildman–Crippen LogP) is 1.47. The van der Waals surface area contributed by atoms with Gasteiger partial charge in [-0.2, -0.15) is 0 Å². The van der Waals surface area contributed by atoms with Gasteiger partial charge in [0.1, 0.15) is 0 Å². The molecule has 0 radical (unpaired) electrons. The van der Waals surface area contributed by atoms with Crippen LogP contribution in [0.15, 0.2) is 24.3 Å². The maximum Gasteiger partial charge on any atom is 0.0195 e. The van der Waals surface area contributed by atoms with E-state index in [4.69, 9.17) is 5.73 Å². The molecule has 0 saturated carbocycles. The fourth-order valence-electron chi connectivity index (χ4n) is 0.928. The van der Waals surface area contributed by atoms with Crippen LogP contribution in [-0.2, 0) is 0 Å². The molecule has 50 valence electrons. The van der Waals surface area contributed by atoms with Crippen molar-refractivity contribution < 1.29 is 0 Å². The van der Waals surface area contributed by atoms with Crippen LogP contribution in [0, 0.1) is 5.92 Å². The molecule has 1 rings (SSSR count). The minimum Gasteiger partial charge on any atom is -0.325 e. The summed E-state index contributed by atoms with van der Waals surface area (Å²) in [6, 6.07) is 0. The quantitative estimate of drug-likeness (QED) is 0.561. The molecule has 0 spiro atoms. The Morgan fingerprint density at radius 1 is 1.22 bits per heavy atom. The van der Waals surface area contributed by atoms with E-state index in [0.717, 1.165) is 0 Å². The van der Waals surface area contributed by atoms with Crippen molar-refractivity contribution in [3.05, 3.63) is 24.3 Å². The molecule has 0 saturated heterocycles. The zero-order chi connectivity index (χ0) is 6.91. The molecule has 0 amide bonds. The maximum absolute atomic E-state index is 5.84. The van der Waals surface area contributed by atoms with Crippen LogP contribution in [0.5, 0.6) is 0 Å². The lowest BCUT2D eigenvalue weighted by molar-refractivity contribution is 0.446. The molecular formula is C8H13N. The van der Waals surface area contributed by atoms with E-state index in [9.17, 15) is 0 Å². The van der Waals surface area contributed by atoms with Gasteiger partial charge in [0.05, 0.1) is 0 Å². The Kier molecular flexibility index (Phi) is 1.45. The van der Waals surface area contributed by atoms with Crippen LogP contribution in [0.4, 0.5) is 0 Å². The van der Waals surface area contributed by atoms with Gasteiger partial charge in [-0.15, -0.1) is 0 Å². The molecule has 0 aliphatic heterocycles. The Bertz CT molecular complexity index is 136. The third kappa shape index (κ3) is 1.42. The first-order valence-electron chi connectivity index (χ1n) is 3.24. The van der Waals surface area contributed by atoms with E-state index in [1.54, 1.807) is 0 Å². The molecule has 0 aromatic heterocycles. The highest BCUT2D eigenvalue weighted by atomic mass is 14.7. The molecule has 9 heavy (non-hydrogen) atoms. The molecule has 1 heteroatoms. The summed E-state index contributed by atoms with van der Waals surface area (Å²) < 4.78 is 0. The van der Waals surface area contributed by atoms with Gasteiger partial charge in [0.25, 0.3) is 0 Å². The third-order valence-electron chi connectivity index (χ3n) is 1.61. The molecule has 1 aliphatic rings. The zero-order valence-corrected chi connectivity index (χ0v) is 5.96. The Morgan fingerprint density at radius 3 is 1.89 bits per heavy atom. The van der Waals surface area contributed by atoms with Gasteiger partial charge in [-0.1, -0.05) is 24.3 Å². The third-order valence-corrected chi connectivity index (χ3v) is 1.61. The van der Waals surface area contributed by atoms with Gasteiger partial charge in [0.2, 0.25) is 0 Å². The largest absolute Gasteiger partial charge is 0.325 e. The van der Waals surface area contributed by atoms with E-state index in [1.807, 2.05) is 26.0 Å². The van der Waals surface area contributed by atoms with Gasteiger partial charge in [-0.05, 0) is 13.8 Å². The first-order chi connectivity index (χ1) is 4.11. The molecule has 0 atom stereocenters. The molecule has 2 N–H and O–H groups in total. The van der Waals surface area contributed by atoms with E-state index in [-0.39, 0.29) is 5.54 Å². The first kappa shape index (κ1) is 6.56. The van der Waals surface area contributed by atoms with Gasteiger partial charge in [0.15, 0.2) is 0 Å². The fourth-order valence-corrected chi connectivity index (χ4v) is 0.928. The van der Waals surface area contributed by atoms with Crippen LogP contribution in [0.3, 0.4) is 0 Å². The minimum absolute atomic E-state index is 0.0937. The van der Waals surface area contributed by atoms with Crippen LogP contribution < -0.4 is 5.73 Å². The van der Waals surface area contributed by atoms with Crippen molar-refractivity contribution in [3.63, 3.8) is 0 Å². The van der Waals surface area contributed by atoms with Crippen molar-refractivity contribution in [2.45, 2.75) is 19.4 Å². The van der Waals surface area contributed by atoms with Crippen LogP contribution in [0.25, 0.3) is 0 Å². The second-order valence-corrected chi connectivity index (χ2v) is 3.12. The van der Waals surface area contributed by atoms with E-state index in [1.165, 1.54) is 0 Å². The van der Waals surface area contributed by atoms with Gasteiger partial charge >= 0.3 is 0 Å². The number of allylic oxidation sites excluding steroid dienone is 2. The van der Waals surface area contributed by atoms with Gasteiger partial charge in [-0.25, -0.2) is 0 Å². The number of hydrogen-bond acceptors (Lipinski definition) is 1. The zero-order valence-electron chi connectivity index (χ0n) is 5.96. The normalized spacial score (nSPS) is 19.4. The summed E-state index contributed by atoms with van der Waals surface area (Å²) in [5.74, 6) is 0.428. The Hall–Kier alpha value is -0.560. The molecule has 1 aliphatic carbocycles. The molecule has 0 bridgehead atoms. The second kappa shape index (κ2) is 1.99. The SMILES string of the molecule is CC(C)(N)C1C=CC=C1. The minimum atomic E-state index is -0.0937. The summed E-state index contributed by atoms with van der Waals surface area (Å²) in [6.07, 6.45) is 8.33. The Labute approximate surface area is 56.2 Å². The van der Waals surface area contributed by atoms with Crippen molar-refractivity contribution >= 4 is 0 Å². The molecular weight excluding hydrogens is 110 g/mol. The van der Waals surface area contributed by atoms with Crippen LogP contribution in [-0.4, -0.2) is 5.54 Å². The van der Waals surface area contributed by atoms with E-state index >= 15 is 0 Å². The number of hydrogen-bond donors (Lipinski definition) is 1. The number of nitrogens with two attached hydrogens (primary N) is 1. The summed E-state index contributed by atoms with van der Waals surface area (Å²) in [6.45, 7) is 4.08. The highest BCUT2D eigenvalue weighted by molar-refractivity contribution is 5.21. The van der Waals surface area contributed by atoms with Crippen molar-refractivity contribution in [3.8, 4) is 0 Å². The lowest BCUT2D eigenvalue weighted by atomic mass is 9.90. The van der Waals surface area contributed by atoms with Gasteiger partial charge in [-0.3, -0.25) is 0 Å². The average Bonchev–Trinajstić information content (AvgIpc) is 2.08. The molecule has 0 aromatic rings. The monoisotopic (exact) mass is 123 g/mol. The van der Waals surface area contributed by atoms with Gasteiger partial charge in [0, 0.05) is 11.5 Å². The van der Waals surface area contributed by atoms with E-state index in [0.29, 0.717) is 5.92 Å².